The number of methoxy groups -OCH3 is 1. The van der Waals surface area contributed by atoms with Crippen LogP contribution in [-0.4, -0.2) is 18.5 Å². The molecule has 0 saturated heterocycles. The Hall–Kier alpha value is -1.25. The van der Waals surface area contributed by atoms with Gasteiger partial charge in [0.1, 0.15) is 12.0 Å². The zero-order valence-electron chi connectivity index (χ0n) is 8.25. The van der Waals surface area contributed by atoms with Crippen molar-refractivity contribution in [2.24, 2.45) is 5.41 Å². The van der Waals surface area contributed by atoms with Crippen molar-refractivity contribution in [3.05, 3.63) is 23.2 Å². The predicted octanol–water partition coefficient (Wildman–Crippen LogP) is 2.10. The van der Waals surface area contributed by atoms with E-state index in [4.69, 9.17) is 4.74 Å². The largest absolute Gasteiger partial charge is 0.504 e. The fourth-order valence-electron chi connectivity index (χ4n) is 1.94. The third-order valence-electron chi connectivity index (χ3n) is 3.12. The molecule has 1 fully saturated rings. The van der Waals surface area contributed by atoms with Gasteiger partial charge in [-0.1, -0.05) is 5.57 Å². The number of carbonyl (C=O) groups excluding carboxylic acids is 1. The molecule has 3 nitrogen and oxygen atoms in total. The first-order valence-corrected chi connectivity index (χ1v) is 4.85. The van der Waals surface area contributed by atoms with Crippen LogP contribution >= 0.6 is 0 Å². The minimum Gasteiger partial charge on any atom is -0.504 e. The first kappa shape index (κ1) is 9.31. The molecule has 2 rings (SSSR count). The van der Waals surface area contributed by atoms with Gasteiger partial charge in [0.2, 0.25) is 0 Å². The van der Waals surface area contributed by atoms with Crippen LogP contribution in [0.3, 0.4) is 0 Å². The molecule has 1 saturated carbocycles. The van der Waals surface area contributed by atoms with E-state index in [1.165, 1.54) is 0 Å². The Bertz CT molecular complexity index is 321. The van der Waals surface area contributed by atoms with Gasteiger partial charge in [0.25, 0.3) is 0 Å². The lowest BCUT2D eigenvalue weighted by atomic mass is 9.89. The number of aliphatic hydroxyl groups excluding tert-OH is 1. The second-order valence-electron chi connectivity index (χ2n) is 3.96. The van der Waals surface area contributed by atoms with Crippen molar-refractivity contribution < 1.29 is 14.6 Å². The van der Waals surface area contributed by atoms with Crippen LogP contribution in [0, 0.1) is 5.41 Å². The average Bonchev–Trinajstić information content (AvgIpc) is 2.98. The lowest BCUT2D eigenvalue weighted by Crippen LogP contribution is -2.11. The number of hydrogen-bond donors (Lipinski definition) is 1. The van der Waals surface area contributed by atoms with E-state index in [9.17, 15) is 9.90 Å². The molecular formula is C11H14O3. The molecule has 2 aliphatic carbocycles. The Morgan fingerprint density at radius 2 is 2.21 bits per heavy atom. The molecule has 0 radical (unpaired) electrons. The Kier molecular flexibility index (Phi) is 2.10. The summed E-state index contributed by atoms with van der Waals surface area (Å²) < 4.78 is 5.02. The normalized spacial score (nSPS) is 24.2. The standard InChI is InChI=1S/C11H14O3/c1-14-10-3-2-8(6-9(10)13)11(7-12)4-5-11/h6-7,13H,2-5H2,1H3. The summed E-state index contributed by atoms with van der Waals surface area (Å²) in [6, 6.07) is 0. The summed E-state index contributed by atoms with van der Waals surface area (Å²) in [6.07, 6.45) is 6.10. The zero-order chi connectivity index (χ0) is 10.2. The fourth-order valence-corrected chi connectivity index (χ4v) is 1.94. The fraction of sp³-hybridized carbons (Fsp3) is 0.545. The first-order valence-electron chi connectivity index (χ1n) is 4.85. The molecule has 14 heavy (non-hydrogen) atoms. The molecule has 76 valence electrons. The predicted molar refractivity (Wildman–Crippen MR) is 51.7 cm³/mol. The van der Waals surface area contributed by atoms with E-state index in [-0.39, 0.29) is 11.2 Å². The Morgan fingerprint density at radius 1 is 1.50 bits per heavy atom. The van der Waals surface area contributed by atoms with Crippen molar-refractivity contribution in [2.45, 2.75) is 25.7 Å². The molecule has 0 aromatic carbocycles. The van der Waals surface area contributed by atoms with E-state index in [1.54, 1.807) is 13.2 Å². The summed E-state index contributed by atoms with van der Waals surface area (Å²) in [4.78, 5) is 10.9. The summed E-state index contributed by atoms with van der Waals surface area (Å²) in [7, 11) is 1.55. The quantitative estimate of drug-likeness (QED) is 0.700. The van der Waals surface area contributed by atoms with E-state index >= 15 is 0 Å². The molecule has 0 atom stereocenters. The third kappa shape index (κ3) is 1.33. The first-order chi connectivity index (χ1) is 6.72. The van der Waals surface area contributed by atoms with Crippen molar-refractivity contribution in [2.75, 3.05) is 7.11 Å². The Labute approximate surface area is 83.1 Å². The highest BCUT2D eigenvalue weighted by molar-refractivity contribution is 5.70. The van der Waals surface area contributed by atoms with Crippen LogP contribution in [0.5, 0.6) is 0 Å². The summed E-state index contributed by atoms with van der Waals surface area (Å²) >= 11 is 0. The molecule has 0 aliphatic heterocycles. The molecule has 0 heterocycles. The van der Waals surface area contributed by atoms with E-state index in [2.05, 4.69) is 0 Å². The Morgan fingerprint density at radius 3 is 2.64 bits per heavy atom. The molecule has 0 aromatic rings. The number of ether oxygens (including phenoxy) is 1. The number of allylic oxidation sites excluding steroid dienone is 3. The van der Waals surface area contributed by atoms with Gasteiger partial charge in [0.05, 0.1) is 7.11 Å². The average molecular weight is 194 g/mol. The highest BCUT2D eigenvalue weighted by atomic mass is 16.5. The van der Waals surface area contributed by atoms with Crippen LogP contribution in [0.25, 0.3) is 0 Å². The minimum absolute atomic E-state index is 0.182. The minimum atomic E-state index is -0.243. The van der Waals surface area contributed by atoms with Gasteiger partial charge in [0.15, 0.2) is 5.76 Å². The molecule has 1 N–H and O–H groups in total. The maximum atomic E-state index is 10.9. The number of hydrogen-bond acceptors (Lipinski definition) is 3. The van der Waals surface area contributed by atoms with Crippen LogP contribution in [0.4, 0.5) is 0 Å². The third-order valence-corrected chi connectivity index (χ3v) is 3.12. The van der Waals surface area contributed by atoms with Gasteiger partial charge in [-0.3, -0.25) is 0 Å². The molecule has 0 amide bonds. The second kappa shape index (κ2) is 3.15. The van der Waals surface area contributed by atoms with Gasteiger partial charge < -0.3 is 14.6 Å². The summed E-state index contributed by atoms with van der Waals surface area (Å²) in [6.45, 7) is 0. The summed E-state index contributed by atoms with van der Waals surface area (Å²) in [5, 5.41) is 9.59. The SMILES string of the molecule is COC1=C(O)C=C(C2(C=O)CC2)CC1. The number of aldehydes is 1. The molecule has 0 spiro atoms. The van der Waals surface area contributed by atoms with Gasteiger partial charge in [-0.2, -0.15) is 0 Å². The lowest BCUT2D eigenvalue weighted by molar-refractivity contribution is -0.111. The molecule has 2 aliphatic rings. The van der Waals surface area contributed by atoms with Crippen LogP contribution in [0.15, 0.2) is 23.2 Å². The van der Waals surface area contributed by atoms with E-state index in [1.807, 2.05) is 0 Å². The van der Waals surface area contributed by atoms with Crippen molar-refractivity contribution in [1.82, 2.24) is 0 Å². The van der Waals surface area contributed by atoms with Gasteiger partial charge >= 0.3 is 0 Å². The molecule has 0 bridgehead atoms. The van der Waals surface area contributed by atoms with E-state index in [0.717, 1.165) is 31.1 Å². The summed E-state index contributed by atoms with van der Waals surface area (Å²) in [5.74, 6) is 0.803. The highest BCUT2D eigenvalue weighted by Crippen LogP contribution is 2.52. The van der Waals surface area contributed by atoms with Crippen LogP contribution in [0.2, 0.25) is 0 Å². The number of aliphatic hydroxyl groups is 1. The second-order valence-corrected chi connectivity index (χ2v) is 3.96. The lowest BCUT2D eigenvalue weighted by Gasteiger charge is -2.19. The van der Waals surface area contributed by atoms with Gasteiger partial charge in [-0.05, 0) is 25.3 Å². The molecule has 3 heteroatoms. The van der Waals surface area contributed by atoms with Crippen molar-refractivity contribution in [3.8, 4) is 0 Å². The number of rotatable bonds is 3. The van der Waals surface area contributed by atoms with Gasteiger partial charge in [0, 0.05) is 11.8 Å². The maximum Gasteiger partial charge on any atom is 0.153 e. The zero-order valence-corrected chi connectivity index (χ0v) is 8.25. The van der Waals surface area contributed by atoms with Crippen LogP contribution < -0.4 is 0 Å². The summed E-state index contributed by atoms with van der Waals surface area (Å²) in [5.41, 5.74) is 0.818. The molecular weight excluding hydrogens is 180 g/mol. The van der Waals surface area contributed by atoms with Crippen molar-refractivity contribution >= 4 is 6.29 Å². The smallest absolute Gasteiger partial charge is 0.153 e. The highest BCUT2D eigenvalue weighted by Gasteiger charge is 2.46. The maximum absolute atomic E-state index is 10.9. The van der Waals surface area contributed by atoms with Gasteiger partial charge in [-0.25, -0.2) is 0 Å². The van der Waals surface area contributed by atoms with Crippen molar-refractivity contribution in [1.29, 1.82) is 0 Å². The van der Waals surface area contributed by atoms with Crippen molar-refractivity contribution in [3.63, 3.8) is 0 Å². The molecule has 0 unspecified atom stereocenters. The van der Waals surface area contributed by atoms with E-state index in [0.29, 0.717) is 12.2 Å². The van der Waals surface area contributed by atoms with Crippen LogP contribution in [0.1, 0.15) is 25.7 Å². The monoisotopic (exact) mass is 194 g/mol. The number of carbonyl (C=O) groups is 1. The molecule has 0 aromatic heterocycles. The van der Waals surface area contributed by atoms with E-state index < -0.39 is 0 Å². The Balaban J connectivity index is 2.24. The topological polar surface area (TPSA) is 46.5 Å². The van der Waals surface area contributed by atoms with Gasteiger partial charge in [-0.15, -0.1) is 0 Å². The van der Waals surface area contributed by atoms with Crippen LogP contribution in [-0.2, 0) is 9.53 Å².